The highest BCUT2D eigenvalue weighted by Crippen LogP contribution is 2.39. The van der Waals surface area contributed by atoms with Crippen LogP contribution in [0.3, 0.4) is 0 Å². The summed E-state index contributed by atoms with van der Waals surface area (Å²) >= 11 is 0. The molecule has 1 amide bonds. The fraction of sp³-hybridized carbons (Fsp3) is 0.208. The largest absolute Gasteiger partial charge is 0.507 e. The monoisotopic (exact) mass is 435 g/mol. The maximum Gasteiger partial charge on any atom is 0.295 e. The van der Waals surface area contributed by atoms with Crippen molar-refractivity contribution in [1.29, 1.82) is 0 Å². The minimum Gasteiger partial charge on any atom is -0.507 e. The van der Waals surface area contributed by atoms with E-state index in [0.717, 1.165) is 0 Å². The van der Waals surface area contributed by atoms with Crippen LogP contribution in [0.15, 0.2) is 72.8 Å². The van der Waals surface area contributed by atoms with E-state index in [4.69, 9.17) is 4.74 Å². The number of aryl methyl sites for hydroxylation is 1. The minimum atomic E-state index is -0.770. The fourth-order valence-electron chi connectivity index (χ4n) is 3.85. The number of rotatable bonds is 7. The number of hydrogen-bond acceptors (Lipinski definition) is 5. The average molecular weight is 435 g/mol. The van der Waals surface area contributed by atoms with Gasteiger partial charge in [-0.2, -0.15) is 0 Å². The molecule has 3 aromatic rings. The number of methoxy groups -OCH3 is 1. The van der Waals surface area contributed by atoms with Gasteiger partial charge in [0.15, 0.2) is 0 Å². The number of halogens is 1. The Kier molecular flexibility index (Phi) is 6.02. The van der Waals surface area contributed by atoms with Crippen LogP contribution in [-0.2, 0) is 16.1 Å². The van der Waals surface area contributed by atoms with E-state index in [0.29, 0.717) is 30.8 Å². The van der Waals surface area contributed by atoms with Gasteiger partial charge in [-0.3, -0.25) is 9.59 Å². The first-order chi connectivity index (χ1) is 15.5. The zero-order valence-electron chi connectivity index (χ0n) is 17.4. The first-order valence-corrected chi connectivity index (χ1v) is 10.1. The summed E-state index contributed by atoms with van der Waals surface area (Å²) in [5.74, 6) is -1.62. The number of Topliss-reactive ketones (excluding diaryl/α,β-unsaturated/α-hetero) is 1. The second kappa shape index (κ2) is 9.05. The molecule has 32 heavy (non-hydrogen) atoms. The molecule has 0 aliphatic carbocycles. The fourth-order valence-corrected chi connectivity index (χ4v) is 3.85. The molecule has 0 bridgehead atoms. The number of benzene rings is 2. The first kappa shape index (κ1) is 21.3. The highest BCUT2D eigenvalue weighted by molar-refractivity contribution is 6.46. The van der Waals surface area contributed by atoms with Crippen LogP contribution in [0.1, 0.15) is 23.6 Å². The Labute approximate surface area is 184 Å². The van der Waals surface area contributed by atoms with Crippen molar-refractivity contribution in [3.63, 3.8) is 0 Å². The topological polar surface area (TPSA) is 84.7 Å². The lowest BCUT2D eigenvalue weighted by molar-refractivity contribution is -0.139. The molecule has 1 atom stereocenters. The number of aliphatic hydroxyl groups is 1. The van der Waals surface area contributed by atoms with Gasteiger partial charge in [0.2, 0.25) is 0 Å². The normalized spacial score (nSPS) is 17.7. The summed E-state index contributed by atoms with van der Waals surface area (Å²) in [7, 11) is 1.55. The number of nitrogens with zero attached hydrogens (tertiary/aromatic N) is 3. The van der Waals surface area contributed by atoms with Crippen molar-refractivity contribution < 1.29 is 23.8 Å². The number of likely N-dealkylation sites (tertiary alicyclic amines) is 1. The van der Waals surface area contributed by atoms with E-state index >= 15 is 0 Å². The van der Waals surface area contributed by atoms with Crippen LogP contribution in [0.5, 0.6) is 5.75 Å². The molecular weight excluding hydrogens is 413 g/mol. The molecule has 164 valence electrons. The Hall–Kier alpha value is -3.94. The molecule has 8 heteroatoms. The van der Waals surface area contributed by atoms with Gasteiger partial charge < -0.3 is 19.3 Å². The van der Waals surface area contributed by atoms with Crippen LogP contribution in [0.25, 0.3) is 5.76 Å². The van der Waals surface area contributed by atoms with E-state index in [2.05, 4.69) is 4.98 Å². The highest BCUT2D eigenvalue weighted by Gasteiger charge is 2.45. The van der Waals surface area contributed by atoms with Crippen LogP contribution in [0.2, 0.25) is 0 Å². The zero-order valence-corrected chi connectivity index (χ0v) is 17.4. The van der Waals surface area contributed by atoms with Gasteiger partial charge in [-0.05, 0) is 48.4 Å². The molecule has 0 saturated carbocycles. The minimum absolute atomic E-state index is 0.0191. The number of hydrogen-bond donors (Lipinski definition) is 1. The second-order valence-electron chi connectivity index (χ2n) is 7.43. The molecule has 1 aromatic heterocycles. The number of carbonyl (C=O) groups is 2. The molecule has 1 unspecified atom stereocenters. The predicted octanol–water partition coefficient (Wildman–Crippen LogP) is 3.54. The van der Waals surface area contributed by atoms with Crippen LogP contribution in [0.4, 0.5) is 4.39 Å². The van der Waals surface area contributed by atoms with E-state index < -0.39 is 23.5 Å². The van der Waals surface area contributed by atoms with E-state index in [1.54, 1.807) is 43.9 Å². The smallest absolute Gasteiger partial charge is 0.295 e. The average Bonchev–Trinajstić information content (AvgIpc) is 3.41. The summed E-state index contributed by atoms with van der Waals surface area (Å²) < 4.78 is 20.4. The van der Waals surface area contributed by atoms with Crippen LogP contribution in [0, 0.1) is 5.82 Å². The summed E-state index contributed by atoms with van der Waals surface area (Å²) in [6.07, 6.45) is 5.77. The Morgan fingerprint density at radius 3 is 2.44 bits per heavy atom. The van der Waals surface area contributed by atoms with Crippen molar-refractivity contribution in [2.75, 3.05) is 13.7 Å². The maximum atomic E-state index is 13.4. The van der Waals surface area contributed by atoms with Crippen LogP contribution >= 0.6 is 0 Å². The van der Waals surface area contributed by atoms with Gasteiger partial charge in [-0.25, -0.2) is 9.37 Å². The lowest BCUT2D eigenvalue weighted by Gasteiger charge is -2.25. The summed E-state index contributed by atoms with van der Waals surface area (Å²) in [5.41, 5.74) is 0.909. The number of ketones is 1. The molecule has 1 aliphatic heterocycles. The molecule has 1 saturated heterocycles. The molecule has 0 radical (unpaired) electrons. The van der Waals surface area contributed by atoms with Gasteiger partial charge in [0.05, 0.1) is 25.1 Å². The number of ether oxygens (including phenoxy) is 1. The van der Waals surface area contributed by atoms with Gasteiger partial charge >= 0.3 is 0 Å². The second-order valence-corrected chi connectivity index (χ2v) is 7.43. The molecule has 2 heterocycles. The molecule has 0 spiro atoms. The number of amides is 1. The number of carbonyl (C=O) groups excluding carboxylic acids is 2. The molecule has 1 N–H and O–H groups in total. The van der Waals surface area contributed by atoms with E-state index in [1.165, 1.54) is 29.2 Å². The molecular formula is C24H22FN3O4. The van der Waals surface area contributed by atoms with E-state index in [9.17, 15) is 19.1 Å². The summed E-state index contributed by atoms with van der Waals surface area (Å²) in [4.78, 5) is 31.4. The molecule has 1 fully saturated rings. The van der Waals surface area contributed by atoms with Crippen molar-refractivity contribution in [3.8, 4) is 5.75 Å². The third-order valence-electron chi connectivity index (χ3n) is 5.46. The van der Waals surface area contributed by atoms with Crippen LogP contribution < -0.4 is 4.74 Å². The van der Waals surface area contributed by atoms with Crippen molar-refractivity contribution in [2.45, 2.75) is 19.0 Å². The summed E-state index contributed by atoms with van der Waals surface area (Å²) in [6.45, 7) is 0.927. The highest BCUT2D eigenvalue weighted by atomic mass is 19.1. The van der Waals surface area contributed by atoms with Gasteiger partial charge in [-0.1, -0.05) is 12.1 Å². The SMILES string of the molecule is COc1ccc(C2C(=C(O)c3ccc(F)cc3)C(=O)C(=O)N2CCCn2ccnc2)cc1. The molecule has 1 aliphatic rings. The quantitative estimate of drug-likeness (QED) is 0.349. The molecule has 2 aromatic carbocycles. The third-order valence-corrected chi connectivity index (χ3v) is 5.46. The summed E-state index contributed by atoms with van der Waals surface area (Å²) in [5, 5.41) is 10.9. The maximum absolute atomic E-state index is 13.4. The van der Waals surface area contributed by atoms with E-state index in [1.807, 2.05) is 10.8 Å². The summed E-state index contributed by atoms with van der Waals surface area (Å²) in [6, 6.07) is 11.4. The van der Waals surface area contributed by atoms with E-state index in [-0.39, 0.29) is 16.9 Å². The molecule has 7 nitrogen and oxygen atoms in total. The van der Waals surface area contributed by atoms with Crippen molar-refractivity contribution in [2.24, 2.45) is 0 Å². The lowest BCUT2D eigenvalue weighted by atomic mass is 9.95. The molecule has 4 rings (SSSR count). The van der Waals surface area contributed by atoms with Crippen molar-refractivity contribution in [1.82, 2.24) is 14.5 Å². The lowest BCUT2D eigenvalue weighted by Crippen LogP contribution is -2.31. The predicted molar refractivity (Wildman–Crippen MR) is 115 cm³/mol. The zero-order chi connectivity index (χ0) is 22.7. The third kappa shape index (κ3) is 4.12. The van der Waals surface area contributed by atoms with Crippen molar-refractivity contribution >= 4 is 17.4 Å². The van der Waals surface area contributed by atoms with Gasteiger partial charge in [-0.15, -0.1) is 0 Å². The number of imidazole rings is 1. The Morgan fingerprint density at radius 2 is 1.81 bits per heavy atom. The van der Waals surface area contributed by atoms with Gasteiger partial charge in [0.25, 0.3) is 11.7 Å². The Balaban J connectivity index is 1.72. The van der Waals surface area contributed by atoms with Gasteiger partial charge in [0.1, 0.15) is 17.3 Å². The van der Waals surface area contributed by atoms with Crippen molar-refractivity contribution in [3.05, 3.63) is 89.8 Å². The Morgan fingerprint density at radius 1 is 1.09 bits per heavy atom. The number of aliphatic hydroxyl groups excluding tert-OH is 1. The number of aromatic nitrogens is 2. The van der Waals surface area contributed by atoms with Crippen LogP contribution in [-0.4, -0.2) is 44.9 Å². The standard InChI is InChI=1S/C24H22FN3O4/c1-32-19-9-5-16(6-10-19)21-20(22(29)17-3-7-18(25)8-4-17)23(30)24(31)28(21)13-2-12-27-14-11-26-15-27/h3-11,14-15,21,29H,2,12-13H2,1H3. The first-order valence-electron chi connectivity index (χ1n) is 10.1. The Bertz CT molecular complexity index is 1140. The van der Waals surface area contributed by atoms with Gasteiger partial charge in [0, 0.05) is 31.0 Å².